The number of anilines is 2. The predicted molar refractivity (Wildman–Crippen MR) is 110 cm³/mol. The van der Waals surface area contributed by atoms with Gasteiger partial charge in [-0.05, 0) is 12.0 Å². The first-order chi connectivity index (χ1) is 13.4. The fraction of sp³-hybridized carbons (Fsp3) is 0.524. The van der Waals surface area contributed by atoms with Gasteiger partial charge in [-0.3, -0.25) is 4.79 Å². The quantitative estimate of drug-likeness (QED) is 0.735. The van der Waals surface area contributed by atoms with Crippen molar-refractivity contribution in [2.45, 2.75) is 32.1 Å². The Morgan fingerprint density at radius 1 is 1.14 bits per heavy atom. The van der Waals surface area contributed by atoms with Crippen LogP contribution in [0.3, 0.4) is 0 Å². The molecule has 0 radical (unpaired) electrons. The summed E-state index contributed by atoms with van der Waals surface area (Å²) in [4.78, 5) is 30.3. The van der Waals surface area contributed by atoms with Gasteiger partial charge in [0, 0.05) is 39.0 Å². The lowest BCUT2D eigenvalue weighted by Crippen LogP contribution is -2.44. The first-order valence-electron chi connectivity index (χ1n) is 9.70. The summed E-state index contributed by atoms with van der Waals surface area (Å²) in [6.07, 6.45) is 0.760. The predicted octanol–water partition coefficient (Wildman–Crippen LogP) is 2.84. The Morgan fingerprint density at radius 3 is 2.46 bits per heavy atom. The van der Waals surface area contributed by atoms with E-state index in [0.29, 0.717) is 18.4 Å². The fourth-order valence-corrected chi connectivity index (χ4v) is 3.54. The highest BCUT2D eigenvalue weighted by Gasteiger charge is 2.34. The molecule has 7 nitrogen and oxygen atoms in total. The van der Waals surface area contributed by atoms with Gasteiger partial charge >= 0.3 is 5.97 Å². The van der Waals surface area contributed by atoms with E-state index < -0.39 is 0 Å². The number of benzene rings is 1. The molecule has 7 heteroatoms. The molecule has 2 atom stereocenters. The highest BCUT2D eigenvalue weighted by atomic mass is 16.5. The average Bonchev–Trinajstić information content (AvgIpc) is 2.73. The molecular weight excluding hydrogens is 354 g/mol. The van der Waals surface area contributed by atoms with Crippen LogP contribution < -0.4 is 9.80 Å². The zero-order valence-electron chi connectivity index (χ0n) is 17.3. The first-order valence-corrected chi connectivity index (χ1v) is 9.70. The number of carbonyl (C=O) groups is 1. The molecule has 0 saturated carbocycles. The average molecular weight is 383 g/mol. The molecule has 0 amide bonds. The number of methoxy groups -OCH3 is 1. The van der Waals surface area contributed by atoms with Gasteiger partial charge < -0.3 is 14.5 Å². The molecule has 1 aliphatic heterocycles. The summed E-state index contributed by atoms with van der Waals surface area (Å²) in [5.74, 6) is 2.00. The normalized spacial score (nSPS) is 19.6. The van der Waals surface area contributed by atoms with Gasteiger partial charge in [-0.15, -0.1) is 0 Å². The zero-order valence-corrected chi connectivity index (χ0v) is 17.3. The first kappa shape index (κ1) is 20.0. The Kier molecular flexibility index (Phi) is 6.11. The Labute approximate surface area is 166 Å². The molecule has 2 heterocycles. The molecule has 1 aromatic heterocycles. The van der Waals surface area contributed by atoms with Gasteiger partial charge in [0.1, 0.15) is 5.82 Å². The van der Waals surface area contributed by atoms with Crippen LogP contribution in [0.25, 0.3) is 0 Å². The minimum Gasteiger partial charge on any atom is -0.469 e. The maximum Gasteiger partial charge on any atom is 0.310 e. The molecule has 3 rings (SSSR count). The second kappa shape index (κ2) is 8.54. The molecule has 2 aromatic rings. The van der Waals surface area contributed by atoms with E-state index >= 15 is 0 Å². The van der Waals surface area contributed by atoms with Crippen molar-refractivity contribution >= 4 is 17.9 Å². The number of nitrogens with zero attached hydrogens (tertiary/aromatic N) is 5. The van der Waals surface area contributed by atoms with Crippen LogP contribution in [0.1, 0.15) is 43.5 Å². The van der Waals surface area contributed by atoms with Crippen LogP contribution in [-0.4, -0.2) is 55.2 Å². The number of piperidine rings is 1. The molecule has 0 aliphatic carbocycles. The minimum absolute atomic E-state index is 0.184. The molecule has 1 aromatic carbocycles. The lowest BCUT2D eigenvalue weighted by molar-refractivity contribution is -0.145. The number of hydrogen-bond donors (Lipinski definition) is 0. The summed E-state index contributed by atoms with van der Waals surface area (Å²) in [6.45, 7) is 5.44. The van der Waals surface area contributed by atoms with Crippen molar-refractivity contribution in [1.29, 1.82) is 0 Å². The Hall–Kier alpha value is -2.70. The fourth-order valence-electron chi connectivity index (χ4n) is 3.54. The number of hydrogen-bond acceptors (Lipinski definition) is 7. The van der Waals surface area contributed by atoms with Crippen LogP contribution in [0.4, 0.5) is 11.9 Å². The van der Waals surface area contributed by atoms with Crippen LogP contribution >= 0.6 is 0 Å². The van der Waals surface area contributed by atoms with Crippen LogP contribution in [0, 0.1) is 5.92 Å². The molecule has 1 aliphatic rings. The number of aromatic nitrogens is 3. The maximum absolute atomic E-state index is 12.4. The van der Waals surface area contributed by atoms with E-state index in [9.17, 15) is 4.79 Å². The topological polar surface area (TPSA) is 71.5 Å². The Morgan fingerprint density at radius 2 is 1.86 bits per heavy atom. The van der Waals surface area contributed by atoms with Gasteiger partial charge in [0.05, 0.1) is 13.0 Å². The van der Waals surface area contributed by atoms with Crippen molar-refractivity contribution in [3.63, 3.8) is 0 Å². The van der Waals surface area contributed by atoms with Gasteiger partial charge in [-0.25, -0.2) is 0 Å². The van der Waals surface area contributed by atoms with Gasteiger partial charge in [-0.1, -0.05) is 44.2 Å². The summed E-state index contributed by atoms with van der Waals surface area (Å²) < 4.78 is 5.06. The van der Waals surface area contributed by atoms with Gasteiger partial charge in [-0.2, -0.15) is 15.0 Å². The van der Waals surface area contributed by atoms with E-state index in [1.54, 1.807) is 0 Å². The minimum atomic E-state index is -0.217. The van der Waals surface area contributed by atoms with E-state index in [4.69, 9.17) is 9.72 Å². The Bertz CT molecular complexity index is 783. The summed E-state index contributed by atoms with van der Waals surface area (Å²) in [7, 11) is 5.29. The van der Waals surface area contributed by atoms with Crippen molar-refractivity contribution in [2.75, 3.05) is 44.1 Å². The third-order valence-corrected chi connectivity index (χ3v) is 5.08. The standard InChI is InChI=1S/C21H29N5O2/c1-14(2)18-22-20(25(3)4)24-21(23-18)26-12-16(15-9-7-6-8-10-15)11-17(13-26)19(27)28-5/h6-10,14,16-17H,11-13H2,1-5H3. The number of esters is 1. The van der Waals surface area contributed by atoms with Gasteiger partial charge in [0.25, 0.3) is 0 Å². The van der Waals surface area contributed by atoms with Crippen molar-refractivity contribution in [3.05, 3.63) is 41.7 Å². The lowest BCUT2D eigenvalue weighted by atomic mass is 9.84. The maximum atomic E-state index is 12.4. The Balaban J connectivity index is 1.98. The van der Waals surface area contributed by atoms with Crippen molar-refractivity contribution in [2.24, 2.45) is 5.92 Å². The highest BCUT2D eigenvalue weighted by molar-refractivity contribution is 5.73. The highest BCUT2D eigenvalue weighted by Crippen LogP contribution is 2.33. The summed E-state index contributed by atoms with van der Waals surface area (Å²) in [6, 6.07) is 10.3. The van der Waals surface area contributed by atoms with Crippen molar-refractivity contribution in [1.82, 2.24) is 15.0 Å². The molecular formula is C21H29N5O2. The van der Waals surface area contributed by atoms with Crippen LogP contribution in [0.15, 0.2) is 30.3 Å². The number of ether oxygens (including phenoxy) is 1. The zero-order chi connectivity index (χ0) is 20.3. The second-order valence-corrected chi connectivity index (χ2v) is 7.81. The monoisotopic (exact) mass is 383 g/mol. The smallest absolute Gasteiger partial charge is 0.310 e. The molecule has 1 saturated heterocycles. The van der Waals surface area contributed by atoms with E-state index in [1.165, 1.54) is 12.7 Å². The molecule has 1 fully saturated rings. The van der Waals surface area contributed by atoms with E-state index in [1.807, 2.05) is 37.2 Å². The number of carbonyl (C=O) groups excluding carboxylic acids is 1. The SMILES string of the molecule is COC(=O)C1CC(c2ccccc2)CN(c2nc(C(C)C)nc(N(C)C)n2)C1. The number of rotatable bonds is 5. The van der Waals surface area contributed by atoms with E-state index in [0.717, 1.165) is 18.8 Å². The molecule has 150 valence electrons. The molecule has 28 heavy (non-hydrogen) atoms. The van der Waals surface area contributed by atoms with Crippen LogP contribution in [0.2, 0.25) is 0 Å². The molecule has 2 unspecified atom stereocenters. The van der Waals surface area contributed by atoms with Crippen molar-refractivity contribution < 1.29 is 9.53 Å². The van der Waals surface area contributed by atoms with Gasteiger partial charge in [0.15, 0.2) is 0 Å². The van der Waals surface area contributed by atoms with Crippen LogP contribution in [-0.2, 0) is 9.53 Å². The largest absolute Gasteiger partial charge is 0.469 e. The van der Waals surface area contributed by atoms with E-state index in [2.05, 4.69) is 40.8 Å². The van der Waals surface area contributed by atoms with E-state index in [-0.39, 0.29) is 23.7 Å². The third kappa shape index (κ3) is 4.40. The van der Waals surface area contributed by atoms with Crippen LogP contribution in [0.5, 0.6) is 0 Å². The molecule has 0 N–H and O–H groups in total. The van der Waals surface area contributed by atoms with Gasteiger partial charge in [0.2, 0.25) is 11.9 Å². The summed E-state index contributed by atoms with van der Waals surface area (Å²) in [5.41, 5.74) is 1.21. The molecule has 0 spiro atoms. The lowest BCUT2D eigenvalue weighted by Gasteiger charge is -2.37. The summed E-state index contributed by atoms with van der Waals surface area (Å²) >= 11 is 0. The second-order valence-electron chi connectivity index (χ2n) is 7.81. The summed E-state index contributed by atoms with van der Waals surface area (Å²) in [5, 5.41) is 0. The third-order valence-electron chi connectivity index (χ3n) is 5.08. The van der Waals surface area contributed by atoms with Crippen molar-refractivity contribution in [3.8, 4) is 0 Å². The molecule has 0 bridgehead atoms.